The number of nitrogens with two attached hydrogens (primary N) is 1. The maximum absolute atomic E-state index is 11.5. The summed E-state index contributed by atoms with van der Waals surface area (Å²) in [5.74, 6) is -0.0552. The van der Waals surface area contributed by atoms with Gasteiger partial charge in [0.2, 0.25) is 0 Å². The van der Waals surface area contributed by atoms with Crippen LogP contribution in [-0.4, -0.2) is 28.9 Å². The number of primary amides is 1. The van der Waals surface area contributed by atoms with Crippen LogP contribution in [0, 0.1) is 17.4 Å². The van der Waals surface area contributed by atoms with E-state index in [1.807, 2.05) is 30.3 Å². The number of rotatable bonds is 3. The molecular formula is C16H16N4OS. The maximum Gasteiger partial charge on any atom is 0.277 e. The normalized spacial score (nSPS) is 20.8. The van der Waals surface area contributed by atoms with Gasteiger partial charge in [-0.2, -0.15) is 5.26 Å². The molecule has 0 bridgehead atoms. The molecule has 6 heteroatoms. The third kappa shape index (κ3) is 2.55. The molecule has 5 nitrogen and oxygen atoms in total. The Morgan fingerprint density at radius 1 is 1.41 bits per heavy atom. The number of nitrogens with zero attached hydrogens (tertiary/aromatic N) is 3. The summed E-state index contributed by atoms with van der Waals surface area (Å²) in [5.41, 5.74) is 7.32. The summed E-state index contributed by atoms with van der Waals surface area (Å²) >= 11 is 1.33. The second-order valence-electron chi connectivity index (χ2n) is 5.55. The van der Waals surface area contributed by atoms with Gasteiger partial charge < -0.3 is 10.6 Å². The number of nitriles is 1. The smallest absolute Gasteiger partial charge is 0.277 e. The number of likely N-dealkylation sites (tertiary alicyclic amines) is 1. The Kier molecular flexibility index (Phi) is 3.82. The van der Waals surface area contributed by atoms with E-state index < -0.39 is 5.91 Å². The topological polar surface area (TPSA) is 83.0 Å². The predicted molar refractivity (Wildman–Crippen MR) is 85.2 cm³/mol. The van der Waals surface area contributed by atoms with Gasteiger partial charge in [0.15, 0.2) is 11.2 Å². The van der Waals surface area contributed by atoms with Crippen LogP contribution in [0.3, 0.4) is 0 Å². The van der Waals surface area contributed by atoms with Gasteiger partial charge in [-0.15, -0.1) is 11.3 Å². The fourth-order valence-electron chi connectivity index (χ4n) is 2.89. The van der Waals surface area contributed by atoms with E-state index in [9.17, 15) is 4.79 Å². The Hall–Kier alpha value is -2.39. The van der Waals surface area contributed by atoms with Crippen LogP contribution < -0.4 is 5.73 Å². The van der Waals surface area contributed by atoms with E-state index in [1.54, 1.807) is 4.90 Å². The molecule has 1 aliphatic heterocycles. The summed E-state index contributed by atoms with van der Waals surface area (Å²) < 4.78 is 0. The van der Waals surface area contributed by atoms with Gasteiger partial charge in [0.1, 0.15) is 0 Å². The van der Waals surface area contributed by atoms with E-state index in [0.717, 1.165) is 22.7 Å². The summed E-state index contributed by atoms with van der Waals surface area (Å²) in [6, 6.07) is 9.88. The number of carbonyl (C=O) groups excluding carboxylic acids is 1. The molecule has 1 aromatic heterocycles. The van der Waals surface area contributed by atoms with Crippen LogP contribution in [0.25, 0.3) is 10.4 Å². The molecule has 0 radical (unpaired) electrons. The van der Waals surface area contributed by atoms with Crippen molar-refractivity contribution in [3.05, 3.63) is 41.0 Å². The van der Waals surface area contributed by atoms with Crippen LogP contribution in [0.1, 0.15) is 28.3 Å². The molecule has 3 rings (SSSR count). The monoisotopic (exact) mass is 312 g/mol. The zero-order valence-corrected chi connectivity index (χ0v) is 13.0. The third-order valence-corrected chi connectivity index (χ3v) is 5.14. The molecule has 2 N–H and O–H groups in total. The van der Waals surface area contributed by atoms with Crippen molar-refractivity contribution in [2.75, 3.05) is 13.1 Å². The highest BCUT2D eigenvalue weighted by Gasteiger charge is 2.34. The molecule has 1 amide bonds. The lowest BCUT2D eigenvalue weighted by molar-refractivity contribution is 0.0999. The van der Waals surface area contributed by atoms with Gasteiger partial charge in [0.05, 0.1) is 10.6 Å². The van der Waals surface area contributed by atoms with E-state index in [2.05, 4.69) is 18.1 Å². The standard InChI is InChI=1S/C16H16N4OS/c1-10-7-20(9-17)8-12(10)13-14(11-5-3-2-4-6-11)22-16(19-13)15(18)21/h2-6,10,12H,7-8H2,1H3,(H2,18,21)/t10-,12+/m0/s1. The number of hydrogen-bond acceptors (Lipinski definition) is 5. The molecule has 1 saturated heterocycles. The number of amides is 1. The van der Waals surface area contributed by atoms with Gasteiger partial charge in [-0.05, 0) is 11.5 Å². The van der Waals surface area contributed by atoms with Crippen LogP contribution in [0.4, 0.5) is 0 Å². The molecule has 1 aromatic carbocycles. The van der Waals surface area contributed by atoms with E-state index in [-0.39, 0.29) is 5.92 Å². The molecule has 0 unspecified atom stereocenters. The molecule has 0 saturated carbocycles. The van der Waals surface area contributed by atoms with E-state index in [0.29, 0.717) is 17.5 Å². The highest BCUT2D eigenvalue weighted by atomic mass is 32.1. The molecule has 0 spiro atoms. The number of aromatic nitrogens is 1. The van der Waals surface area contributed by atoms with Crippen molar-refractivity contribution in [1.82, 2.24) is 9.88 Å². The second-order valence-corrected chi connectivity index (χ2v) is 6.55. The van der Waals surface area contributed by atoms with Gasteiger partial charge in [-0.25, -0.2) is 4.98 Å². The van der Waals surface area contributed by atoms with Crippen molar-refractivity contribution in [3.8, 4) is 16.6 Å². The summed E-state index contributed by atoms with van der Waals surface area (Å²) in [4.78, 5) is 18.7. The van der Waals surface area contributed by atoms with Crippen molar-refractivity contribution in [3.63, 3.8) is 0 Å². The van der Waals surface area contributed by atoms with E-state index in [1.165, 1.54) is 11.3 Å². The van der Waals surface area contributed by atoms with Gasteiger partial charge in [0.25, 0.3) is 5.91 Å². The Labute approximate surface area is 133 Å². The Balaban J connectivity index is 2.07. The molecule has 2 heterocycles. The molecule has 2 atom stereocenters. The highest BCUT2D eigenvalue weighted by Crippen LogP contribution is 2.40. The average molecular weight is 312 g/mol. The van der Waals surface area contributed by atoms with Crippen LogP contribution >= 0.6 is 11.3 Å². The predicted octanol–water partition coefficient (Wildman–Crippen LogP) is 2.43. The average Bonchev–Trinajstić information content (AvgIpc) is 3.11. The minimum absolute atomic E-state index is 0.138. The van der Waals surface area contributed by atoms with Gasteiger partial charge in [-0.3, -0.25) is 4.79 Å². The molecule has 0 aliphatic carbocycles. The summed E-state index contributed by atoms with van der Waals surface area (Å²) in [5, 5.41) is 9.44. The first-order chi connectivity index (χ1) is 10.6. The molecule has 1 fully saturated rings. The largest absolute Gasteiger partial charge is 0.364 e. The number of benzene rings is 1. The van der Waals surface area contributed by atoms with Crippen LogP contribution in [0.5, 0.6) is 0 Å². The first-order valence-electron chi connectivity index (χ1n) is 7.10. The Bertz CT molecular complexity index is 734. The van der Waals surface area contributed by atoms with Crippen molar-refractivity contribution in [2.24, 2.45) is 11.7 Å². The van der Waals surface area contributed by atoms with Crippen molar-refractivity contribution >= 4 is 17.2 Å². The Morgan fingerprint density at radius 3 is 2.73 bits per heavy atom. The Morgan fingerprint density at radius 2 is 2.14 bits per heavy atom. The zero-order chi connectivity index (χ0) is 15.7. The fraction of sp³-hybridized carbons (Fsp3) is 0.312. The number of hydrogen-bond donors (Lipinski definition) is 1. The highest BCUT2D eigenvalue weighted by molar-refractivity contribution is 7.17. The number of carbonyl (C=O) groups is 1. The SMILES string of the molecule is C[C@H]1CN(C#N)C[C@H]1c1nc(C(N)=O)sc1-c1ccccc1. The first-order valence-corrected chi connectivity index (χ1v) is 7.92. The second kappa shape index (κ2) is 5.78. The van der Waals surface area contributed by atoms with Crippen molar-refractivity contribution in [2.45, 2.75) is 12.8 Å². The van der Waals surface area contributed by atoms with Gasteiger partial charge in [0, 0.05) is 19.0 Å². The lowest BCUT2D eigenvalue weighted by atomic mass is 9.92. The minimum Gasteiger partial charge on any atom is -0.364 e. The van der Waals surface area contributed by atoms with Crippen LogP contribution in [-0.2, 0) is 0 Å². The molecule has 1 aliphatic rings. The molecule has 2 aromatic rings. The lowest BCUT2D eigenvalue weighted by Gasteiger charge is -2.13. The van der Waals surface area contributed by atoms with Crippen molar-refractivity contribution < 1.29 is 4.79 Å². The zero-order valence-electron chi connectivity index (χ0n) is 12.2. The number of thiazole rings is 1. The summed E-state index contributed by atoms with van der Waals surface area (Å²) in [7, 11) is 0. The molecular weight excluding hydrogens is 296 g/mol. The lowest BCUT2D eigenvalue weighted by Crippen LogP contribution is -2.14. The van der Waals surface area contributed by atoms with Crippen LogP contribution in [0.2, 0.25) is 0 Å². The molecule has 22 heavy (non-hydrogen) atoms. The summed E-state index contributed by atoms with van der Waals surface area (Å²) in [6.45, 7) is 3.47. The quantitative estimate of drug-likeness (QED) is 0.882. The minimum atomic E-state index is -0.503. The van der Waals surface area contributed by atoms with Gasteiger partial charge >= 0.3 is 0 Å². The third-order valence-electron chi connectivity index (χ3n) is 4.01. The fourth-order valence-corrected chi connectivity index (χ4v) is 3.88. The summed E-state index contributed by atoms with van der Waals surface area (Å²) in [6.07, 6.45) is 2.20. The molecule has 112 valence electrons. The van der Waals surface area contributed by atoms with Gasteiger partial charge in [-0.1, -0.05) is 37.3 Å². The van der Waals surface area contributed by atoms with E-state index >= 15 is 0 Å². The van der Waals surface area contributed by atoms with Crippen molar-refractivity contribution in [1.29, 1.82) is 5.26 Å². The maximum atomic E-state index is 11.5. The van der Waals surface area contributed by atoms with Crippen LogP contribution in [0.15, 0.2) is 30.3 Å². The van der Waals surface area contributed by atoms with E-state index in [4.69, 9.17) is 11.0 Å². The first kappa shape index (κ1) is 14.5.